The van der Waals surface area contributed by atoms with E-state index >= 15 is 0 Å². The van der Waals surface area contributed by atoms with E-state index in [1.54, 1.807) is 31.2 Å². The molecule has 0 fully saturated rings. The third-order valence-corrected chi connectivity index (χ3v) is 5.46. The number of aromatic nitrogens is 1. The number of rotatable bonds is 8. The predicted molar refractivity (Wildman–Crippen MR) is 136 cm³/mol. The quantitative estimate of drug-likeness (QED) is 0.123. The molecule has 4 rings (SSSR count). The normalized spacial score (nSPS) is 11.0. The molecule has 3 aromatic carbocycles. The number of hydrazone groups is 1. The van der Waals surface area contributed by atoms with Crippen molar-refractivity contribution in [2.45, 2.75) is 6.92 Å². The maximum atomic E-state index is 12.8. The molecular formula is C27H22N4O6. The standard InChI is InChI=1S/C27H22N4O6/c1-18(28-29-26(32)20-9-3-5-11-22(20)30-15-7-8-16-30)19-13-14-24(25(17-19)36-2)37-27(33)21-10-4-6-12-23(21)31(34)35/h3-17H,1-2H3,(H,29,32). The van der Waals surface area contributed by atoms with Crippen LogP contribution in [0.25, 0.3) is 5.69 Å². The number of benzene rings is 3. The first-order chi connectivity index (χ1) is 17.9. The molecule has 1 amide bonds. The lowest BCUT2D eigenvalue weighted by Gasteiger charge is -2.12. The number of nitrogens with zero attached hydrogens (tertiary/aromatic N) is 3. The van der Waals surface area contributed by atoms with Gasteiger partial charge in [-0.25, -0.2) is 10.2 Å². The van der Waals surface area contributed by atoms with E-state index in [-0.39, 0.29) is 28.7 Å². The lowest BCUT2D eigenvalue weighted by molar-refractivity contribution is -0.385. The van der Waals surface area contributed by atoms with Crippen LogP contribution in [0.3, 0.4) is 0 Å². The van der Waals surface area contributed by atoms with Crippen LogP contribution in [0.2, 0.25) is 0 Å². The van der Waals surface area contributed by atoms with Gasteiger partial charge in [0, 0.05) is 24.0 Å². The van der Waals surface area contributed by atoms with Gasteiger partial charge in [0.2, 0.25) is 0 Å². The van der Waals surface area contributed by atoms with E-state index in [0.29, 0.717) is 22.5 Å². The molecule has 10 heteroatoms. The number of methoxy groups -OCH3 is 1. The van der Waals surface area contributed by atoms with Crippen LogP contribution >= 0.6 is 0 Å². The summed E-state index contributed by atoms with van der Waals surface area (Å²) >= 11 is 0. The van der Waals surface area contributed by atoms with Gasteiger partial charge in [0.1, 0.15) is 5.56 Å². The third-order valence-electron chi connectivity index (χ3n) is 5.46. The minimum absolute atomic E-state index is 0.0758. The maximum absolute atomic E-state index is 12.8. The fraction of sp³-hybridized carbons (Fsp3) is 0.0741. The fourth-order valence-electron chi connectivity index (χ4n) is 3.58. The van der Waals surface area contributed by atoms with E-state index in [0.717, 1.165) is 0 Å². The molecule has 0 aliphatic heterocycles. The van der Waals surface area contributed by atoms with Gasteiger partial charge in [-0.05, 0) is 55.5 Å². The number of carbonyl (C=O) groups excluding carboxylic acids is 2. The molecule has 1 aromatic heterocycles. The SMILES string of the molecule is COc1cc(C(C)=NNC(=O)c2ccccc2-n2cccc2)ccc1OC(=O)c1ccccc1[N+](=O)[O-]. The fourth-order valence-corrected chi connectivity index (χ4v) is 3.58. The Morgan fingerprint density at radius 1 is 0.919 bits per heavy atom. The molecule has 1 heterocycles. The molecule has 0 atom stereocenters. The largest absolute Gasteiger partial charge is 0.493 e. The third kappa shape index (κ3) is 5.54. The smallest absolute Gasteiger partial charge is 0.350 e. The topological polar surface area (TPSA) is 125 Å². The van der Waals surface area contributed by atoms with Crippen molar-refractivity contribution in [3.05, 3.63) is 118 Å². The lowest BCUT2D eigenvalue weighted by Crippen LogP contribution is -2.21. The van der Waals surface area contributed by atoms with Crippen LogP contribution in [-0.2, 0) is 0 Å². The molecule has 0 saturated heterocycles. The highest BCUT2D eigenvalue weighted by Gasteiger charge is 2.22. The van der Waals surface area contributed by atoms with Gasteiger partial charge < -0.3 is 14.0 Å². The highest BCUT2D eigenvalue weighted by atomic mass is 16.6. The first kappa shape index (κ1) is 24.9. The Bertz CT molecular complexity index is 1490. The molecule has 0 aliphatic rings. The number of carbonyl (C=O) groups is 2. The first-order valence-corrected chi connectivity index (χ1v) is 11.1. The Balaban J connectivity index is 1.52. The van der Waals surface area contributed by atoms with Gasteiger partial charge in [-0.1, -0.05) is 24.3 Å². The average molecular weight is 498 g/mol. The summed E-state index contributed by atoms with van der Waals surface area (Å²) in [5.74, 6) is -0.988. The molecule has 4 aromatic rings. The van der Waals surface area contributed by atoms with Gasteiger partial charge in [0.05, 0.1) is 29.0 Å². The second-order valence-corrected chi connectivity index (χ2v) is 7.78. The van der Waals surface area contributed by atoms with E-state index < -0.39 is 10.9 Å². The molecule has 0 aliphatic carbocycles. The van der Waals surface area contributed by atoms with Crippen LogP contribution < -0.4 is 14.9 Å². The van der Waals surface area contributed by atoms with E-state index in [2.05, 4.69) is 10.5 Å². The zero-order valence-electron chi connectivity index (χ0n) is 20.0. The monoisotopic (exact) mass is 498 g/mol. The Hall–Kier alpha value is -5.25. The summed E-state index contributed by atoms with van der Waals surface area (Å²) in [6.07, 6.45) is 3.69. The molecule has 0 saturated carbocycles. The van der Waals surface area contributed by atoms with Crippen LogP contribution in [0, 0.1) is 10.1 Å². The molecular weight excluding hydrogens is 476 g/mol. The molecule has 1 N–H and O–H groups in total. The summed E-state index contributed by atoms with van der Waals surface area (Å²) < 4.78 is 12.6. The summed E-state index contributed by atoms with van der Waals surface area (Å²) in [4.78, 5) is 36.0. The van der Waals surface area contributed by atoms with Crippen molar-refractivity contribution in [3.8, 4) is 17.2 Å². The van der Waals surface area contributed by atoms with Crippen LogP contribution in [0.5, 0.6) is 11.5 Å². The summed E-state index contributed by atoms with van der Waals surface area (Å²) in [6, 6.07) is 21.1. The van der Waals surface area contributed by atoms with Crippen LogP contribution in [0.4, 0.5) is 5.69 Å². The van der Waals surface area contributed by atoms with E-state index in [9.17, 15) is 19.7 Å². The highest BCUT2D eigenvalue weighted by molar-refractivity contribution is 6.02. The zero-order chi connectivity index (χ0) is 26.4. The predicted octanol–water partition coefficient (Wildman–Crippen LogP) is 4.77. The van der Waals surface area contributed by atoms with E-state index in [1.807, 2.05) is 41.2 Å². The lowest BCUT2D eigenvalue weighted by atomic mass is 10.1. The van der Waals surface area contributed by atoms with Crippen LogP contribution in [0.1, 0.15) is 33.2 Å². The summed E-state index contributed by atoms with van der Waals surface area (Å²) in [6.45, 7) is 1.70. The van der Waals surface area contributed by atoms with Crippen molar-refractivity contribution in [1.82, 2.24) is 9.99 Å². The number of hydrogen-bond acceptors (Lipinski definition) is 7. The molecule has 186 valence electrons. The van der Waals surface area contributed by atoms with Gasteiger partial charge in [-0.15, -0.1) is 0 Å². The molecule has 10 nitrogen and oxygen atoms in total. The molecule has 0 unspecified atom stereocenters. The number of nitro benzene ring substituents is 1. The van der Waals surface area contributed by atoms with Gasteiger partial charge in [0.15, 0.2) is 11.5 Å². The number of esters is 1. The van der Waals surface area contributed by atoms with Gasteiger partial charge in [-0.3, -0.25) is 14.9 Å². The number of ether oxygens (including phenoxy) is 2. The van der Waals surface area contributed by atoms with Crippen molar-refractivity contribution >= 4 is 23.3 Å². The Morgan fingerprint density at radius 3 is 2.30 bits per heavy atom. The zero-order valence-corrected chi connectivity index (χ0v) is 20.0. The van der Waals surface area contributed by atoms with Crippen molar-refractivity contribution in [2.75, 3.05) is 7.11 Å². The van der Waals surface area contributed by atoms with E-state index in [1.165, 1.54) is 37.4 Å². The van der Waals surface area contributed by atoms with Crippen molar-refractivity contribution in [1.29, 1.82) is 0 Å². The van der Waals surface area contributed by atoms with Crippen molar-refractivity contribution < 1.29 is 24.0 Å². The molecule has 0 spiro atoms. The van der Waals surface area contributed by atoms with Gasteiger partial charge in [-0.2, -0.15) is 5.10 Å². The number of nitrogens with one attached hydrogen (secondary N) is 1. The Morgan fingerprint density at radius 2 is 1.59 bits per heavy atom. The van der Waals surface area contributed by atoms with Gasteiger partial charge >= 0.3 is 5.97 Å². The second-order valence-electron chi connectivity index (χ2n) is 7.78. The second kappa shape index (κ2) is 11.0. The summed E-state index contributed by atoms with van der Waals surface area (Å²) in [5.41, 5.74) is 4.26. The van der Waals surface area contributed by atoms with Gasteiger partial charge in [0.25, 0.3) is 11.6 Å². The molecule has 0 radical (unpaired) electrons. The molecule has 37 heavy (non-hydrogen) atoms. The van der Waals surface area contributed by atoms with Crippen molar-refractivity contribution in [3.63, 3.8) is 0 Å². The maximum Gasteiger partial charge on any atom is 0.350 e. The van der Waals surface area contributed by atoms with Crippen LogP contribution in [-0.4, -0.2) is 34.2 Å². The first-order valence-electron chi connectivity index (χ1n) is 11.1. The minimum atomic E-state index is -0.891. The summed E-state index contributed by atoms with van der Waals surface area (Å²) in [7, 11) is 1.40. The number of hydrogen-bond donors (Lipinski definition) is 1. The van der Waals surface area contributed by atoms with Crippen molar-refractivity contribution in [2.24, 2.45) is 5.10 Å². The van der Waals surface area contributed by atoms with Crippen LogP contribution in [0.15, 0.2) is 96.4 Å². The van der Waals surface area contributed by atoms with E-state index in [4.69, 9.17) is 9.47 Å². The number of para-hydroxylation sites is 2. The Labute approximate surface area is 211 Å². The summed E-state index contributed by atoms with van der Waals surface area (Å²) in [5, 5.41) is 15.4. The number of nitro groups is 1. The average Bonchev–Trinajstić information content (AvgIpc) is 3.46. The highest BCUT2D eigenvalue weighted by Crippen LogP contribution is 2.30. The molecule has 0 bridgehead atoms. The number of amides is 1. The Kier molecular flexibility index (Phi) is 7.39. The minimum Gasteiger partial charge on any atom is -0.493 e.